The number of aromatic hydroxyl groups is 2. The lowest BCUT2D eigenvalue weighted by atomic mass is 10.2. The van der Waals surface area contributed by atoms with Gasteiger partial charge in [-0.05, 0) is 18.6 Å². The average Bonchev–Trinajstić information content (AvgIpc) is 2.28. The van der Waals surface area contributed by atoms with Crippen LogP contribution in [0.2, 0.25) is 0 Å². The van der Waals surface area contributed by atoms with Gasteiger partial charge in [0.15, 0.2) is 0 Å². The van der Waals surface area contributed by atoms with Gasteiger partial charge in [0.25, 0.3) is 0 Å². The highest BCUT2D eigenvalue weighted by atomic mass is 16.5. The van der Waals surface area contributed by atoms with Gasteiger partial charge in [-0.25, -0.2) is 4.79 Å². The van der Waals surface area contributed by atoms with Crippen LogP contribution in [0.5, 0.6) is 11.5 Å². The highest BCUT2D eigenvalue weighted by Crippen LogP contribution is 2.23. The molecule has 0 aromatic heterocycles. The summed E-state index contributed by atoms with van der Waals surface area (Å²) in [6.45, 7) is 2.47. The van der Waals surface area contributed by atoms with Crippen molar-refractivity contribution in [3.8, 4) is 11.5 Å². The van der Waals surface area contributed by atoms with Crippen molar-refractivity contribution in [3.63, 3.8) is 0 Å². The summed E-state index contributed by atoms with van der Waals surface area (Å²) < 4.78 is 5.01. The molecule has 17 heavy (non-hydrogen) atoms. The molecule has 94 valence electrons. The Hall–Kier alpha value is -1.71. The number of carbonyl (C=O) groups excluding carboxylic acids is 1. The monoisotopic (exact) mass is 238 g/mol. The Morgan fingerprint density at radius 3 is 2.65 bits per heavy atom. The molecule has 0 amide bonds. The van der Waals surface area contributed by atoms with Gasteiger partial charge in [0.05, 0.1) is 6.61 Å². The molecule has 4 heteroatoms. The zero-order chi connectivity index (χ0) is 12.7. The van der Waals surface area contributed by atoms with Crippen LogP contribution < -0.4 is 0 Å². The summed E-state index contributed by atoms with van der Waals surface area (Å²) in [4.78, 5) is 11.5. The number of hydrogen-bond donors (Lipinski definition) is 2. The molecule has 0 aliphatic rings. The minimum Gasteiger partial charge on any atom is -0.508 e. The van der Waals surface area contributed by atoms with E-state index < -0.39 is 5.97 Å². The van der Waals surface area contributed by atoms with E-state index in [1.54, 1.807) is 0 Å². The normalized spacial score (nSPS) is 10.2. The van der Waals surface area contributed by atoms with Gasteiger partial charge in [-0.15, -0.1) is 0 Å². The number of carbonyl (C=O) groups is 1. The van der Waals surface area contributed by atoms with Gasteiger partial charge in [0.2, 0.25) is 0 Å². The lowest BCUT2D eigenvalue weighted by Gasteiger charge is -2.06. The maximum absolute atomic E-state index is 11.5. The molecule has 0 spiro atoms. The number of hydrogen-bond acceptors (Lipinski definition) is 4. The molecule has 0 fully saturated rings. The second-order valence-corrected chi connectivity index (χ2v) is 3.90. The predicted molar refractivity (Wildman–Crippen MR) is 64.2 cm³/mol. The molecule has 1 aromatic rings. The molecule has 0 aliphatic carbocycles. The second kappa shape index (κ2) is 6.78. The molecule has 0 bridgehead atoms. The summed E-state index contributed by atoms with van der Waals surface area (Å²) in [5.74, 6) is -0.899. The van der Waals surface area contributed by atoms with Crippen LogP contribution in [-0.2, 0) is 4.74 Å². The van der Waals surface area contributed by atoms with E-state index in [4.69, 9.17) is 9.84 Å². The third-order valence-corrected chi connectivity index (χ3v) is 2.43. The van der Waals surface area contributed by atoms with E-state index in [2.05, 4.69) is 6.92 Å². The van der Waals surface area contributed by atoms with E-state index in [-0.39, 0.29) is 17.1 Å². The third-order valence-electron chi connectivity index (χ3n) is 2.43. The summed E-state index contributed by atoms with van der Waals surface area (Å²) in [6, 6.07) is 3.81. The molecule has 0 saturated carbocycles. The van der Waals surface area contributed by atoms with Crippen LogP contribution in [0, 0.1) is 0 Å². The summed E-state index contributed by atoms with van der Waals surface area (Å²) in [6.07, 6.45) is 4.12. The van der Waals surface area contributed by atoms with Gasteiger partial charge in [0, 0.05) is 6.07 Å². The molecule has 4 nitrogen and oxygen atoms in total. The van der Waals surface area contributed by atoms with Crippen LogP contribution in [0.3, 0.4) is 0 Å². The summed E-state index contributed by atoms with van der Waals surface area (Å²) in [5, 5.41) is 18.5. The van der Waals surface area contributed by atoms with E-state index in [0.717, 1.165) is 31.7 Å². The van der Waals surface area contributed by atoms with E-state index in [1.165, 1.54) is 12.1 Å². The van der Waals surface area contributed by atoms with Crippen molar-refractivity contribution < 1.29 is 19.7 Å². The molecule has 1 rings (SSSR count). The van der Waals surface area contributed by atoms with Gasteiger partial charge in [-0.3, -0.25) is 0 Å². The third kappa shape index (κ3) is 4.34. The number of esters is 1. The number of ether oxygens (including phenoxy) is 1. The van der Waals surface area contributed by atoms with Crippen LogP contribution in [0.4, 0.5) is 0 Å². The van der Waals surface area contributed by atoms with Gasteiger partial charge in [-0.2, -0.15) is 0 Å². The number of unbranched alkanes of at least 4 members (excludes halogenated alkanes) is 3. The van der Waals surface area contributed by atoms with Gasteiger partial charge < -0.3 is 14.9 Å². The average molecular weight is 238 g/mol. The Balaban J connectivity index is 2.42. The van der Waals surface area contributed by atoms with Crippen LogP contribution in [0.25, 0.3) is 0 Å². The van der Waals surface area contributed by atoms with Crippen molar-refractivity contribution in [2.75, 3.05) is 6.61 Å². The van der Waals surface area contributed by atoms with Crippen molar-refractivity contribution in [2.45, 2.75) is 32.6 Å². The van der Waals surface area contributed by atoms with E-state index in [1.807, 2.05) is 0 Å². The summed E-state index contributed by atoms with van der Waals surface area (Å²) >= 11 is 0. The maximum atomic E-state index is 11.5. The maximum Gasteiger partial charge on any atom is 0.341 e. The molecular formula is C13H18O4. The van der Waals surface area contributed by atoms with Gasteiger partial charge >= 0.3 is 5.97 Å². The minimum atomic E-state index is -0.556. The fourth-order valence-corrected chi connectivity index (χ4v) is 1.46. The fourth-order valence-electron chi connectivity index (χ4n) is 1.46. The molecule has 2 N–H and O–H groups in total. The van der Waals surface area contributed by atoms with Crippen molar-refractivity contribution in [2.24, 2.45) is 0 Å². The van der Waals surface area contributed by atoms with Gasteiger partial charge in [0.1, 0.15) is 17.1 Å². The van der Waals surface area contributed by atoms with Gasteiger partial charge in [-0.1, -0.05) is 26.2 Å². The largest absolute Gasteiger partial charge is 0.508 e. The minimum absolute atomic E-state index is 0.0815. The van der Waals surface area contributed by atoms with Crippen molar-refractivity contribution in [3.05, 3.63) is 23.8 Å². The lowest BCUT2D eigenvalue weighted by molar-refractivity contribution is 0.0494. The highest BCUT2D eigenvalue weighted by molar-refractivity contribution is 5.92. The Labute approximate surface area is 101 Å². The molecule has 0 atom stereocenters. The SMILES string of the molecule is CCCCCCOC(=O)c1ccc(O)cc1O. The zero-order valence-corrected chi connectivity index (χ0v) is 9.98. The smallest absolute Gasteiger partial charge is 0.341 e. The van der Waals surface area contributed by atoms with Crippen LogP contribution in [0.15, 0.2) is 18.2 Å². The quantitative estimate of drug-likeness (QED) is 0.590. The molecule has 0 aliphatic heterocycles. The molecular weight excluding hydrogens is 220 g/mol. The second-order valence-electron chi connectivity index (χ2n) is 3.90. The highest BCUT2D eigenvalue weighted by Gasteiger charge is 2.12. The Kier molecular flexibility index (Phi) is 5.33. The first kappa shape index (κ1) is 13.4. The number of rotatable bonds is 6. The first-order chi connectivity index (χ1) is 8.15. The summed E-state index contributed by atoms with van der Waals surface area (Å²) in [5.41, 5.74) is 0.0818. The first-order valence-corrected chi connectivity index (χ1v) is 5.84. The Morgan fingerprint density at radius 1 is 1.24 bits per heavy atom. The van der Waals surface area contributed by atoms with Crippen molar-refractivity contribution in [1.29, 1.82) is 0 Å². The molecule has 0 unspecified atom stereocenters. The lowest BCUT2D eigenvalue weighted by Crippen LogP contribution is -2.06. The number of benzene rings is 1. The standard InChI is InChI=1S/C13H18O4/c1-2-3-4-5-8-17-13(16)11-7-6-10(14)9-12(11)15/h6-7,9,14-15H,2-5,8H2,1H3. The topological polar surface area (TPSA) is 66.8 Å². The molecule has 0 heterocycles. The van der Waals surface area contributed by atoms with Crippen LogP contribution >= 0.6 is 0 Å². The molecule has 0 saturated heterocycles. The van der Waals surface area contributed by atoms with Crippen molar-refractivity contribution in [1.82, 2.24) is 0 Å². The van der Waals surface area contributed by atoms with Crippen LogP contribution in [-0.4, -0.2) is 22.8 Å². The molecule has 0 radical (unpaired) electrons. The Morgan fingerprint density at radius 2 is 2.00 bits per heavy atom. The fraction of sp³-hybridized carbons (Fsp3) is 0.462. The zero-order valence-electron chi connectivity index (χ0n) is 9.98. The van der Waals surface area contributed by atoms with E-state index >= 15 is 0 Å². The number of phenolic OH excluding ortho intramolecular Hbond substituents is 2. The summed E-state index contributed by atoms with van der Waals surface area (Å²) in [7, 11) is 0. The number of phenols is 2. The Bertz CT molecular complexity index is 374. The van der Waals surface area contributed by atoms with E-state index in [0.29, 0.717) is 6.61 Å². The molecule has 1 aromatic carbocycles. The van der Waals surface area contributed by atoms with Crippen LogP contribution in [0.1, 0.15) is 43.0 Å². The van der Waals surface area contributed by atoms with E-state index in [9.17, 15) is 9.90 Å². The van der Waals surface area contributed by atoms with Crippen molar-refractivity contribution >= 4 is 5.97 Å². The predicted octanol–water partition coefficient (Wildman–Crippen LogP) is 2.83. The first-order valence-electron chi connectivity index (χ1n) is 5.84.